The number of rotatable bonds is 10. The SMILES string of the molecule is CN(C)[C@]1(c2ccccc2)CC[C@@]2(CC1)CN(CCC1(OCc3ccccc3)COC1)C(=O)N2CC1CCC1. The number of benzene rings is 2. The van der Waals surface area contributed by atoms with E-state index in [9.17, 15) is 4.79 Å². The summed E-state index contributed by atoms with van der Waals surface area (Å²) < 4.78 is 12.0. The van der Waals surface area contributed by atoms with Crippen molar-refractivity contribution in [1.82, 2.24) is 14.7 Å². The summed E-state index contributed by atoms with van der Waals surface area (Å²) in [6.45, 7) is 4.31. The zero-order chi connectivity index (χ0) is 26.9. The summed E-state index contributed by atoms with van der Waals surface area (Å²) in [5, 5.41) is 0. The fourth-order valence-electron chi connectivity index (χ4n) is 7.34. The maximum absolute atomic E-state index is 14.0. The van der Waals surface area contributed by atoms with Gasteiger partial charge in [0.1, 0.15) is 5.60 Å². The predicted molar refractivity (Wildman–Crippen MR) is 153 cm³/mol. The van der Waals surface area contributed by atoms with Crippen molar-refractivity contribution in [2.45, 2.75) is 74.7 Å². The van der Waals surface area contributed by atoms with Crippen molar-refractivity contribution in [3.63, 3.8) is 0 Å². The molecule has 2 aliphatic carbocycles. The molecule has 210 valence electrons. The summed E-state index contributed by atoms with van der Waals surface area (Å²) in [6, 6.07) is 21.6. The molecule has 0 radical (unpaired) electrons. The van der Waals surface area contributed by atoms with Crippen molar-refractivity contribution < 1.29 is 14.3 Å². The van der Waals surface area contributed by atoms with Crippen molar-refractivity contribution >= 4 is 6.03 Å². The number of hydrogen-bond acceptors (Lipinski definition) is 4. The Morgan fingerprint density at radius 1 is 0.949 bits per heavy atom. The fraction of sp³-hybridized carbons (Fsp3) is 0.606. The minimum Gasteiger partial charge on any atom is -0.375 e. The molecule has 2 amide bonds. The minimum absolute atomic E-state index is 0.0315. The maximum atomic E-state index is 14.0. The average Bonchev–Trinajstić information content (AvgIpc) is 3.17. The van der Waals surface area contributed by atoms with E-state index in [-0.39, 0.29) is 22.7 Å². The highest BCUT2D eigenvalue weighted by Gasteiger charge is 2.55. The van der Waals surface area contributed by atoms with Gasteiger partial charge in [0, 0.05) is 25.2 Å². The van der Waals surface area contributed by atoms with Crippen LogP contribution in [-0.4, -0.2) is 78.8 Å². The van der Waals surface area contributed by atoms with Crippen LogP contribution in [0.1, 0.15) is 62.5 Å². The summed E-state index contributed by atoms with van der Waals surface area (Å²) in [5.41, 5.74) is 2.26. The van der Waals surface area contributed by atoms with Crippen LogP contribution in [0.25, 0.3) is 0 Å². The molecule has 6 nitrogen and oxygen atoms in total. The minimum atomic E-state index is -0.287. The van der Waals surface area contributed by atoms with Gasteiger partial charge in [-0.15, -0.1) is 0 Å². The predicted octanol–water partition coefficient (Wildman–Crippen LogP) is 5.67. The van der Waals surface area contributed by atoms with Crippen molar-refractivity contribution in [3.8, 4) is 0 Å². The highest BCUT2D eigenvalue weighted by molar-refractivity contribution is 5.78. The molecule has 0 aromatic heterocycles. The molecular formula is C33H45N3O3. The molecule has 6 rings (SSSR count). The average molecular weight is 532 g/mol. The second-order valence-electron chi connectivity index (χ2n) is 12.8. The molecule has 1 spiro atoms. The Hall–Kier alpha value is -2.41. The largest absolute Gasteiger partial charge is 0.375 e. The molecule has 0 atom stereocenters. The Labute approximate surface area is 234 Å². The molecule has 2 saturated carbocycles. The molecular weight excluding hydrogens is 486 g/mol. The van der Waals surface area contributed by atoms with Crippen LogP contribution in [0.2, 0.25) is 0 Å². The van der Waals surface area contributed by atoms with Crippen molar-refractivity contribution in [3.05, 3.63) is 71.8 Å². The third kappa shape index (κ3) is 5.12. The van der Waals surface area contributed by atoms with E-state index in [1.54, 1.807) is 0 Å². The maximum Gasteiger partial charge on any atom is 0.320 e. The first-order chi connectivity index (χ1) is 18.9. The van der Waals surface area contributed by atoms with Crippen molar-refractivity contribution in [2.24, 2.45) is 5.92 Å². The molecule has 0 unspecified atom stereocenters. The molecule has 4 fully saturated rings. The fourth-order valence-corrected chi connectivity index (χ4v) is 7.34. The molecule has 4 aliphatic rings. The van der Waals surface area contributed by atoms with Gasteiger partial charge < -0.3 is 19.3 Å². The van der Waals surface area contributed by atoms with Crippen LogP contribution in [0.15, 0.2) is 60.7 Å². The van der Waals surface area contributed by atoms with E-state index < -0.39 is 0 Å². The second-order valence-corrected chi connectivity index (χ2v) is 12.8. The van der Waals surface area contributed by atoms with Crippen LogP contribution in [-0.2, 0) is 21.6 Å². The van der Waals surface area contributed by atoms with Gasteiger partial charge in [-0.1, -0.05) is 67.1 Å². The summed E-state index contributed by atoms with van der Waals surface area (Å²) in [4.78, 5) is 20.9. The Morgan fingerprint density at radius 3 is 2.18 bits per heavy atom. The third-order valence-corrected chi connectivity index (χ3v) is 10.4. The zero-order valence-electron chi connectivity index (χ0n) is 23.8. The standard InChI is InChI=1S/C33H45N3O3/c1-34(2)33(29-14-7-4-8-15-29)18-16-31(17-19-33)24-35(30(37)36(31)22-27-12-9-13-27)21-20-32(25-38-26-32)39-23-28-10-5-3-6-11-28/h3-8,10-11,14-15,27H,9,12-13,16-26H2,1-2H3/t31-,33-. The zero-order valence-corrected chi connectivity index (χ0v) is 23.8. The molecule has 6 heteroatoms. The summed E-state index contributed by atoms with van der Waals surface area (Å²) in [5.74, 6) is 0.668. The van der Waals surface area contributed by atoms with E-state index in [4.69, 9.17) is 9.47 Å². The van der Waals surface area contributed by atoms with Crippen molar-refractivity contribution in [2.75, 3.05) is 46.9 Å². The van der Waals surface area contributed by atoms with Crippen molar-refractivity contribution in [1.29, 1.82) is 0 Å². The van der Waals surface area contributed by atoms with Gasteiger partial charge >= 0.3 is 6.03 Å². The molecule has 2 aromatic rings. The number of nitrogens with zero attached hydrogens (tertiary/aromatic N) is 3. The molecule has 2 aromatic carbocycles. The van der Waals surface area contributed by atoms with E-state index in [0.717, 1.165) is 51.7 Å². The van der Waals surface area contributed by atoms with Gasteiger partial charge in [0.25, 0.3) is 0 Å². The van der Waals surface area contributed by atoms with E-state index in [1.807, 2.05) is 6.07 Å². The summed E-state index contributed by atoms with van der Waals surface area (Å²) >= 11 is 0. The lowest BCUT2D eigenvalue weighted by atomic mass is 9.68. The smallest absolute Gasteiger partial charge is 0.320 e. The molecule has 2 aliphatic heterocycles. The van der Waals surface area contributed by atoms with Crippen LogP contribution >= 0.6 is 0 Å². The highest BCUT2D eigenvalue weighted by atomic mass is 16.6. The molecule has 0 N–H and O–H groups in total. The lowest BCUT2D eigenvalue weighted by molar-refractivity contribution is -0.219. The normalized spacial score (nSPS) is 28.6. The molecule has 2 saturated heterocycles. The van der Waals surface area contributed by atoms with E-state index in [1.165, 1.54) is 30.4 Å². The van der Waals surface area contributed by atoms with Crippen LogP contribution in [0, 0.1) is 5.92 Å². The van der Waals surface area contributed by atoms with Gasteiger partial charge in [0.15, 0.2) is 0 Å². The number of amides is 2. The van der Waals surface area contributed by atoms with Gasteiger partial charge in [0.05, 0.1) is 25.4 Å². The first kappa shape index (κ1) is 26.8. The van der Waals surface area contributed by atoms with E-state index >= 15 is 0 Å². The highest BCUT2D eigenvalue weighted by Crippen LogP contribution is 2.49. The van der Waals surface area contributed by atoms with Crippen LogP contribution in [0.5, 0.6) is 0 Å². The second kappa shape index (κ2) is 10.9. The molecule has 0 bridgehead atoms. The lowest BCUT2D eigenvalue weighted by Crippen LogP contribution is -2.56. The number of carbonyl (C=O) groups excluding carboxylic acids is 1. The number of hydrogen-bond donors (Lipinski definition) is 0. The van der Waals surface area contributed by atoms with Crippen LogP contribution < -0.4 is 0 Å². The Bertz CT molecular complexity index is 1110. The first-order valence-corrected chi connectivity index (χ1v) is 15.0. The Kier molecular flexibility index (Phi) is 7.47. The Balaban J connectivity index is 1.16. The first-order valence-electron chi connectivity index (χ1n) is 15.0. The monoisotopic (exact) mass is 531 g/mol. The topological polar surface area (TPSA) is 45.3 Å². The Morgan fingerprint density at radius 2 is 1.62 bits per heavy atom. The van der Waals surface area contributed by atoms with Gasteiger partial charge in [-0.2, -0.15) is 0 Å². The lowest BCUT2D eigenvalue weighted by Gasteiger charge is -2.51. The molecule has 2 heterocycles. The quantitative estimate of drug-likeness (QED) is 0.396. The van der Waals surface area contributed by atoms with E-state index in [0.29, 0.717) is 25.7 Å². The van der Waals surface area contributed by atoms with Crippen LogP contribution in [0.3, 0.4) is 0 Å². The van der Waals surface area contributed by atoms with Gasteiger partial charge in [-0.3, -0.25) is 4.90 Å². The van der Waals surface area contributed by atoms with E-state index in [2.05, 4.69) is 83.4 Å². The van der Waals surface area contributed by atoms with Gasteiger partial charge in [0.2, 0.25) is 0 Å². The van der Waals surface area contributed by atoms with Gasteiger partial charge in [-0.25, -0.2) is 4.79 Å². The number of urea groups is 1. The van der Waals surface area contributed by atoms with Crippen LogP contribution in [0.4, 0.5) is 4.79 Å². The summed E-state index contributed by atoms with van der Waals surface area (Å²) in [6.07, 6.45) is 8.90. The number of carbonyl (C=O) groups is 1. The third-order valence-electron chi connectivity index (χ3n) is 10.4. The number of ether oxygens (including phenoxy) is 2. The summed E-state index contributed by atoms with van der Waals surface area (Å²) in [7, 11) is 4.44. The van der Waals surface area contributed by atoms with Gasteiger partial charge in [-0.05, 0) is 76.1 Å². The molecule has 39 heavy (non-hydrogen) atoms.